The number of ether oxygens (including phenoxy) is 2. The Bertz CT molecular complexity index is 1940. The summed E-state index contributed by atoms with van der Waals surface area (Å²) in [5.41, 5.74) is 8.12. The van der Waals surface area contributed by atoms with Gasteiger partial charge in [-0.05, 0) is 75.2 Å². The minimum absolute atomic E-state index is 0.141. The first-order valence-corrected chi connectivity index (χ1v) is 17.0. The molecule has 0 spiro atoms. The van der Waals surface area contributed by atoms with Gasteiger partial charge in [-0.25, -0.2) is 13.8 Å². The van der Waals surface area contributed by atoms with E-state index in [1.165, 1.54) is 6.07 Å². The van der Waals surface area contributed by atoms with Gasteiger partial charge >= 0.3 is 0 Å². The Labute approximate surface area is 289 Å². The van der Waals surface area contributed by atoms with Crippen LogP contribution in [0.15, 0.2) is 66.4 Å². The van der Waals surface area contributed by atoms with Crippen LogP contribution in [0.4, 0.5) is 14.6 Å². The third-order valence-electron chi connectivity index (χ3n) is 10.1. The Morgan fingerprint density at radius 3 is 2.42 bits per heavy atom. The number of carbonyl (C=O) groups excluding carboxylic acids is 1. The standard InChI is InChI=1S/C37H40F2N8O3/c1-37(2,46-17-15-44(16-18-46)27-22-49-23-27)19-25(20-40)36(48)45-14-4-5-26(21-45)47-31-12-13-42-35(41)32(31)33(43-47)24-8-10-28(11-9-24)50-34-29(38)6-3-7-30(34)39/h3,6-13,19,26-27H,4-5,14-18,21-23H2,1-2H3,(H2,41,42). The van der Waals surface area contributed by atoms with Crippen LogP contribution in [-0.2, 0) is 9.53 Å². The number of hydrogen-bond donors (Lipinski definition) is 1. The van der Waals surface area contributed by atoms with Crippen LogP contribution in [0, 0.1) is 23.0 Å². The summed E-state index contributed by atoms with van der Waals surface area (Å²) in [5, 5.41) is 15.8. The zero-order valence-electron chi connectivity index (χ0n) is 28.2. The zero-order valence-corrected chi connectivity index (χ0v) is 28.2. The normalized spacial score (nSPS) is 19.7. The second kappa shape index (κ2) is 13.8. The summed E-state index contributed by atoms with van der Waals surface area (Å²) in [6.07, 6.45) is 4.96. The second-order valence-corrected chi connectivity index (χ2v) is 13.6. The van der Waals surface area contributed by atoms with Gasteiger partial charge in [0.05, 0.1) is 36.2 Å². The molecule has 2 N–H and O–H groups in total. The molecule has 4 aromatic rings. The maximum absolute atomic E-state index is 14.2. The number of nitriles is 1. The molecule has 5 heterocycles. The maximum atomic E-state index is 14.2. The molecule has 3 saturated heterocycles. The predicted octanol–water partition coefficient (Wildman–Crippen LogP) is 5.16. The van der Waals surface area contributed by atoms with Crippen LogP contribution in [0.3, 0.4) is 0 Å². The first-order valence-electron chi connectivity index (χ1n) is 17.0. The highest BCUT2D eigenvalue weighted by molar-refractivity contribution is 6.00. The summed E-state index contributed by atoms with van der Waals surface area (Å²) in [7, 11) is 0. The van der Waals surface area contributed by atoms with Gasteiger partial charge in [-0.15, -0.1) is 0 Å². The van der Waals surface area contributed by atoms with Gasteiger partial charge in [-0.2, -0.15) is 10.4 Å². The number of pyridine rings is 1. The first-order chi connectivity index (χ1) is 24.1. The third-order valence-corrected chi connectivity index (χ3v) is 10.1. The fraction of sp³-hybridized carbons (Fsp3) is 0.405. The summed E-state index contributed by atoms with van der Waals surface area (Å²) in [6, 6.07) is 14.6. The molecule has 7 rings (SSSR count). The molecule has 3 aliphatic rings. The molecule has 1 atom stereocenters. The molecule has 0 bridgehead atoms. The van der Waals surface area contributed by atoms with Gasteiger partial charge in [0.2, 0.25) is 0 Å². The minimum atomic E-state index is -0.799. The van der Waals surface area contributed by atoms with Gasteiger partial charge in [0.25, 0.3) is 5.91 Å². The second-order valence-electron chi connectivity index (χ2n) is 13.6. The number of anilines is 1. The Morgan fingerprint density at radius 2 is 1.76 bits per heavy atom. The smallest absolute Gasteiger partial charge is 0.264 e. The van der Waals surface area contributed by atoms with Crippen molar-refractivity contribution in [1.29, 1.82) is 5.26 Å². The van der Waals surface area contributed by atoms with Crippen LogP contribution in [0.5, 0.6) is 11.5 Å². The number of nitrogens with zero attached hydrogens (tertiary/aromatic N) is 7. The van der Waals surface area contributed by atoms with Crippen LogP contribution in [0.2, 0.25) is 0 Å². The number of amides is 1. The van der Waals surface area contributed by atoms with Crippen LogP contribution < -0.4 is 10.5 Å². The van der Waals surface area contributed by atoms with Gasteiger partial charge < -0.3 is 20.1 Å². The molecule has 0 radical (unpaired) electrons. The number of nitrogen functional groups attached to an aromatic ring is 1. The largest absolute Gasteiger partial charge is 0.451 e. The van der Waals surface area contributed by atoms with E-state index >= 15 is 0 Å². The van der Waals surface area contributed by atoms with Crippen LogP contribution in [0.1, 0.15) is 32.7 Å². The maximum Gasteiger partial charge on any atom is 0.264 e. The van der Waals surface area contributed by atoms with E-state index in [1.54, 1.807) is 35.4 Å². The summed E-state index contributed by atoms with van der Waals surface area (Å²) in [5.74, 6) is -1.80. The van der Waals surface area contributed by atoms with Crippen molar-refractivity contribution >= 4 is 22.6 Å². The number of para-hydroxylation sites is 1. The van der Waals surface area contributed by atoms with Gasteiger partial charge in [0.1, 0.15) is 28.9 Å². The predicted molar refractivity (Wildman–Crippen MR) is 184 cm³/mol. The van der Waals surface area contributed by atoms with Crippen molar-refractivity contribution in [3.63, 3.8) is 0 Å². The van der Waals surface area contributed by atoms with Gasteiger partial charge in [-0.1, -0.05) is 6.07 Å². The number of rotatable bonds is 8. The summed E-state index contributed by atoms with van der Waals surface area (Å²) in [6.45, 7) is 10.2. The quantitative estimate of drug-likeness (QED) is 0.198. The number of halogens is 2. The van der Waals surface area contributed by atoms with Crippen molar-refractivity contribution in [1.82, 2.24) is 29.5 Å². The number of benzene rings is 2. The molecule has 11 nitrogen and oxygen atoms in total. The van der Waals surface area contributed by atoms with Crippen LogP contribution in [-0.4, -0.2) is 99.4 Å². The molecule has 2 aromatic heterocycles. The average molecular weight is 683 g/mol. The van der Waals surface area contributed by atoms with Crippen molar-refractivity contribution in [3.05, 3.63) is 78.0 Å². The van der Waals surface area contributed by atoms with Gasteiger partial charge in [0, 0.05) is 56.6 Å². The van der Waals surface area contributed by atoms with Crippen molar-refractivity contribution in [2.75, 3.05) is 58.2 Å². The molecule has 1 unspecified atom stereocenters. The number of likely N-dealkylation sites (tertiary alicyclic amines) is 1. The SMILES string of the molecule is CC(C)(C=C(C#N)C(=O)N1CCCC(n2nc(-c3ccc(Oc4c(F)cccc4F)cc3)c3c(N)nccc32)C1)N1CCN(C2COC2)CC1. The zero-order chi connectivity index (χ0) is 35.0. The molecule has 3 fully saturated rings. The fourth-order valence-corrected chi connectivity index (χ4v) is 7.16. The number of carbonyl (C=O) groups is 1. The molecule has 13 heteroatoms. The molecule has 3 aliphatic heterocycles. The van der Waals surface area contributed by atoms with E-state index in [9.17, 15) is 18.8 Å². The molecular weight excluding hydrogens is 642 g/mol. The number of aromatic nitrogens is 3. The lowest BCUT2D eigenvalue weighted by atomic mass is 9.96. The summed E-state index contributed by atoms with van der Waals surface area (Å²) < 4.78 is 41.1. The molecule has 50 heavy (non-hydrogen) atoms. The van der Waals surface area contributed by atoms with Crippen molar-refractivity contribution < 1.29 is 23.0 Å². The number of nitrogens with two attached hydrogens (primary N) is 1. The number of piperazine rings is 1. The van der Waals surface area contributed by atoms with E-state index in [0.717, 1.165) is 69.9 Å². The number of fused-ring (bicyclic) bond motifs is 1. The van der Waals surface area contributed by atoms with E-state index in [4.69, 9.17) is 20.3 Å². The highest BCUT2D eigenvalue weighted by Gasteiger charge is 2.35. The summed E-state index contributed by atoms with van der Waals surface area (Å²) in [4.78, 5) is 24.7. The minimum Gasteiger partial charge on any atom is -0.451 e. The highest BCUT2D eigenvalue weighted by Crippen LogP contribution is 2.36. The van der Waals surface area contributed by atoms with Crippen LogP contribution in [0.25, 0.3) is 22.2 Å². The van der Waals surface area contributed by atoms with Crippen molar-refractivity contribution in [2.45, 2.75) is 44.3 Å². The molecular formula is C37H40F2N8O3. The molecule has 0 aliphatic carbocycles. The van der Waals surface area contributed by atoms with E-state index in [1.807, 2.05) is 16.8 Å². The monoisotopic (exact) mass is 682 g/mol. The molecule has 0 saturated carbocycles. The fourth-order valence-electron chi connectivity index (χ4n) is 7.16. The van der Waals surface area contributed by atoms with Gasteiger partial charge in [-0.3, -0.25) is 19.3 Å². The highest BCUT2D eigenvalue weighted by atomic mass is 19.1. The number of hydrogen-bond acceptors (Lipinski definition) is 9. The van der Waals surface area contributed by atoms with E-state index in [0.29, 0.717) is 41.6 Å². The molecule has 260 valence electrons. The Morgan fingerprint density at radius 1 is 1.04 bits per heavy atom. The Balaban J connectivity index is 1.10. The Hall–Kier alpha value is -4.90. The molecule has 1 amide bonds. The lowest BCUT2D eigenvalue weighted by Crippen LogP contribution is -2.59. The topological polar surface area (TPSA) is 126 Å². The average Bonchev–Trinajstić information content (AvgIpc) is 3.49. The molecule has 2 aromatic carbocycles. The lowest BCUT2D eigenvalue weighted by molar-refractivity contribution is -0.128. The van der Waals surface area contributed by atoms with Crippen molar-refractivity contribution in [2.24, 2.45) is 0 Å². The van der Waals surface area contributed by atoms with E-state index in [-0.39, 0.29) is 23.3 Å². The lowest BCUT2D eigenvalue weighted by Gasteiger charge is -2.46. The summed E-state index contributed by atoms with van der Waals surface area (Å²) >= 11 is 0. The first kappa shape index (κ1) is 33.6. The van der Waals surface area contributed by atoms with Gasteiger partial charge in [0.15, 0.2) is 17.4 Å². The number of piperidine rings is 1. The van der Waals surface area contributed by atoms with Crippen molar-refractivity contribution in [3.8, 4) is 28.8 Å². The third kappa shape index (κ3) is 6.54. The van der Waals surface area contributed by atoms with E-state index < -0.39 is 22.9 Å². The van der Waals surface area contributed by atoms with E-state index in [2.05, 4.69) is 34.7 Å². The van der Waals surface area contributed by atoms with Crippen LogP contribution >= 0.6 is 0 Å². The Kier molecular flexibility index (Phi) is 9.26.